The summed E-state index contributed by atoms with van der Waals surface area (Å²) in [5.41, 5.74) is 0. The lowest BCUT2D eigenvalue weighted by Crippen LogP contribution is -2.22. The number of fused-ring (bicyclic) bond motifs is 2. The van der Waals surface area contributed by atoms with Crippen molar-refractivity contribution in [3.05, 3.63) is 60.7 Å². The van der Waals surface area contributed by atoms with Crippen molar-refractivity contribution in [3.8, 4) is 0 Å². The van der Waals surface area contributed by atoms with Gasteiger partial charge in [-0.2, -0.15) is 0 Å². The first-order chi connectivity index (χ1) is 11.4. The molecule has 0 amide bonds. The van der Waals surface area contributed by atoms with Crippen molar-refractivity contribution in [1.82, 2.24) is 0 Å². The Morgan fingerprint density at radius 3 is 1.48 bits per heavy atom. The normalized spacial score (nSPS) is 30.1. The predicted octanol–water partition coefficient (Wildman–Crippen LogP) is 5.65. The highest BCUT2D eigenvalue weighted by Crippen LogP contribution is 2.44. The molecule has 2 saturated heterocycles. The van der Waals surface area contributed by atoms with Gasteiger partial charge in [0.05, 0.1) is 12.2 Å². The summed E-state index contributed by atoms with van der Waals surface area (Å²) in [6, 6.07) is 21.6. The molecule has 2 aliphatic heterocycles. The zero-order valence-corrected chi connectivity index (χ0v) is 14.8. The van der Waals surface area contributed by atoms with Crippen LogP contribution in [0.25, 0.3) is 0 Å². The van der Waals surface area contributed by atoms with Crippen LogP contribution in [0.15, 0.2) is 70.5 Å². The highest BCUT2D eigenvalue weighted by atomic mass is 32.2. The fourth-order valence-corrected chi connectivity index (χ4v) is 6.09. The van der Waals surface area contributed by atoms with E-state index in [2.05, 4.69) is 60.7 Å². The number of hydrogen-bond donors (Lipinski definition) is 0. The maximum atomic E-state index is 6.45. The van der Waals surface area contributed by atoms with Crippen LogP contribution in [-0.4, -0.2) is 22.7 Å². The standard InChI is InChI=1S/C20H22OS2/c1-3-7-15(8-4-1)22-19-13-14-20(18-12-11-17(19)21-18)23-16-9-5-2-6-10-16/h1-10,17-20H,11-14H2/t17-,18+,19-,20+. The third kappa shape index (κ3) is 3.78. The molecule has 0 spiro atoms. The van der Waals surface area contributed by atoms with Crippen LogP contribution in [0.5, 0.6) is 0 Å². The first-order valence-electron chi connectivity index (χ1n) is 8.47. The molecule has 23 heavy (non-hydrogen) atoms. The van der Waals surface area contributed by atoms with Gasteiger partial charge in [-0.3, -0.25) is 0 Å². The van der Waals surface area contributed by atoms with Crippen LogP contribution in [0.3, 0.4) is 0 Å². The predicted molar refractivity (Wildman–Crippen MR) is 99.3 cm³/mol. The van der Waals surface area contributed by atoms with Crippen molar-refractivity contribution in [2.24, 2.45) is 0 Å². The largest absolute Gasteiger partial charge is 0.373 e. The maximum Gasteiger partial charge on any atom is 0.0702 e. The van der Waals surface area contributed by atoms with E-state index in [0.717, 1.165) is 0 Å². The summed E-state index contributed by atoms with van der Waals surface area (Å²) in [7, 11) is 0. The van der Waals surface area contributed by atoms with Gasteiger partial charge < -0.3 is 4.74 Å². The minimum Gasteiger partial charge on any atom is -0.373 e. The van der Waals surface area contributed by atoms with E-state index in [9.17, 15) is 0 Å². The Kier molecular flexibility index (Phi) is 4.98. The summed E-state index contributed by atoms with van der Waals surface area (Å²) >= 11 is 4.02. The summed E-state index contributed by atoms with van der Waals surface area (Å²) in [5, 5.41) is 1.20. The maximum absolute atomic E-state index is 6.45. The monoisotopic (exact) mass is 342 g/mol. The van der Waals surface area contributed by atoms with Crippen molar-refractivity contribution >= 4 is 23.5 Å². The second kappa shape index (κ2) is 7.33. The van der Waals surface area contributed by atoms with Crippen LogP contribution >= 0.6 is 23.5 Å². The van der Waals surface area contributed by atoms with E-state index in [4.69, 9.17) is 4.74 Å². The van der Waals surface area contributed by atoms with Crippen molar-refractivity contribution in [3.63, 3.8) is 0 Å². The van der Waals surface area contributed by atoms with E-state index in [1.165, 1.54) is 35.5 Å². The molecule has 0 radical (unpaired) electrons. The molecule has 2 fully saturated rings. The Morgan fingerprint density at radius 2 is 1.04 bits per heavy atom. The molecule has 2 heterocycles. The van der Waals surface area contributed by atoms with Crippen LogP contribution in [-0.2, 0) is 4.74 Å². The number of benzene rings is 2. The van der Waals surface area contributed by atoms with E-state index in [1.807, 2.05) is 23.5 Å². The Labute approximate surface area is 147 Å². The molecule has 2 aromatic carbocycles. The molecular formula is C20H22OS2. The molecule has 3 heteroatoms. The van der Waals surface area contributed by atoms with Crippen LogP contribution in [0.1, 0.15) is 25.7 Å². The van der Waals surface area contributed by atoms with Gasteiger partial charge in [-0.05, 0) is 49.9 Å². The number of thioether (sulfide) groups is 2. The third-order valence-electron chi connectivity index (χ3n) is 4.71. The van der Waals surface area contributed by atoms with Gasteiger partial charge in [0.25, 0.3) is 0 Å². The average molecular weight is 343 g/mol. The number of hydrogen-bond acceptors (Lipinski definition) is 3. The quantitative estimate of drug-likeness (QED) is 0.710. The van der Waals surface area contributed by atoms with E-state index in [-0.39, 0.29) is 0 Å². The van der Waals surface area contributed by atoms with Crippen LogP contribution in [0.4, 0.5) is 0 Å². The van der Waals surface area contributed by atoms with Crippen LogP contribution < -0.4 is 0 Å². The highest BCUT2D eigenvalue weighted by molar-refractivity contribution is 8.00. The molecule has 0 saturated carbocycles. The van der Waals surface area contributed by atoms with Gasteiger partial charge in [-0.1, -0.05) is 36.4 Å². The number of ether oxygens (including phenoxy) is 1. The fraction of sp³-hybridized carbons (Fsp3) is 0.400. The lowest BCUT2D eigenvalue weighted by molar-refractivity contribution is 0.0555. The van der Waals surface area contributed by atoms with E-state index >= 15 is 0 Å². The van der Waals surface area contributed by atoms with Gasteiger partial charge >= 0.3 is 0 Å². The Balaban J connectivity index is 1.44. The van der Waals surface area contributed by atoms with E-state index in [1.54, 1.807) is 0 Å². The van der Waals surface area contributed by atoms with Crippen molar-refractivity contribution in [1.29, 1.82) is 0 Å². The molecule has 120 valence electrons. The fourth-order valence-electron chi connectivity index (χ4n) is 3.55. The zero-order chi connectivity index (χ0) is 15.5. The Hall–Kier alpha value is -0.900. The summed E-state index contributed by atoms with van der Waals surface area (Å²) in [6.07, 6.45) is 5.83. The van der Waals surface area contributed by atoms with Crippen LogP contribution in [0.2, 0.25) is 0 Å². The topological polar surface area (TPSA) is 9.23 Å². The smallest absolute Gasteiger partial charge is 0.0702 e. The molecule has 0 unspecified atom stereocenters. The lowest BCUT2D eigenvalue weighted by atomic mass is 10.0. The van der Waals surface area contributed by atoms with Crippen LogP contribution in [0, 0.1) is 0 Å². The average Bonchev–Trinajstić information content (AvgIpc) is 3.02. The van der Waals surface area contributed by atoms with Gasteiger partial charge in [0.15, 0.2) is 0 Å². The Bertz CT molecular complexity index is 561. The number of rotatable bonds is 4. The zero-order valence-electron chi connectivity index (χ0n) is 13.1. The molecule has 1 nitrogen and oxygen atoms in total. The van der Waals surface area contributed by atoms with Gasteiger partial charge in [-0.25, -0.2) is 0 Å². The minimum absolute atomic E-state index is 0.437. The summed E-state index contributed by atoms with van der Waals surface area (Å²) in [5.74, 6) is 0. The molecule has 2 aliphatic rings. The van der Waals surface area contributed by atoms with Gasteiger partial charge in [0, 0.05) is 20.3 Å². The third-order valence-corrected chi connectivity index (χ3v) is 7.48. The molecule has 2 aromatic rings. The van der Waals surface area contributed by atoms with Gasteiger partial charge in [0.2, 0.25) is 0 Å². The van der Waals surface area contributed by atoms with Crippen molar-refractivity contribution < 1.29 is 4.74 Å². The van der Waals surface area contributed by atoms with E-state index in [0.29, 0.717) is 22.7 Å². The molecule has 0 aromatic heterocycles. The molecule has 4 atom stereocenters. The summed E-state index contributed by atoms with van der Waals surface area (Å²) in [4.78, 5) is 2.75. The molecule has 4 rings (SSSR count). The first kappa shape index (κ1) is 15.6. The van der Waals surface area contributed by atoms with Gasteiger partial charge in [0.1, 0.15) is 0 Å². The lowest BCUT2D eigenvalue weighted by Gasteiger charge is -2.21. The van der Waals surface area contributed by atoms with Crippen molar-refractivity contribution in [2.45, 2.75) is 58.2 Å². The molecular weight excluding hydrogens is 320 g/mol. The SMILES string of the molecule is c1ccc(S[C@H]2CC[C@@H](Sc3ccccc3)[C@H]3CC[C@@H]2O3)cc1. The molecule has 0 aliphatic carbocycles. The summed E-state index contributed by atoms with van der Waals surface area (Å²) in [6.45, 7) is 0. The molecule has 0 N–H and O–H groups in total. The second-order valence-corrected chi connectivity index (χ2v) is 8.93. The Morgan fingerprint density at radius 1 is 0.609 bits per heavy atom. The van der Waals surface area contributed by atoms with Gasteiger partial charge in [-0.15, -0.1) is 23.5 Å². The second-order valence-electron chi connectivity index (χ2n) is 6.31. The first-order valence-corrected chi connectivity index (χ1v) is 10.2. The van der Waals surface area contributed by atoms with Crippen molar-refractivity contribution in [2.75, 3.05) is 0 Å². The van der Waals surface area contributed by atoms with E-state index < -0.39 is 0 Å². The molecule has 2 bridgehead atoms. The summed E-state index contributed by atoms with van der Waals surface area (Å²) < 4.78 is 6.45. The highest BCUT2D eigenvalue weighted by Gasteiger charge is 2.40. The minimum atomic E-state index is 0.437.